The summed E-state index contributed by atoms with van der Waals surface area (Å²) in [7, 11) is 3.12. The SMILES string of the molecule is CC(C)NCc1ccc(-c2ccc(O)c3c2C[C@@H]2C[C@@H]4[C@@H](N(C)C)C(=O)C(C(N)=O)C(=O)[C@]4(O)C(=O)C2C3=O)cc1. The van der Waals surface area contributed by atoms with Crippen LogP contribution < -0.4 is 11.1 Å². The third kappa shape index (κ3) is 4.41. The third-order valence-electron chi connectivity index (χ3n) is 8.92. The molecule has 3 aliphatic carbocycles. The number of aromatic hydroxyl groups is 1. The molecule has 2 aromatic rings. The van der Waals surface area contributed by atoms with Crippen LogP contribution in [0.2, 0.25) is 0 Å². The quantitative estimate of drug-likeness (QED) is 0.377. The van der Waals surface area contributed by atoms with Gasteiger partial charge in [-0.2, -0.15) is 0 Å². The maximum Gasteiger partial charge on any atom is 0.235 e. The van der Waals surface area contributed by atoms with Gasteiger partial charge in [-0.05, 0) is 61.2 Å². The Morgan fingerprint density at radius 1 is 1.07 bits per heavy atom. The van der Waals surface area contributed by atoms with E-state index in [9.17, 15) is 34.2 Å². The summed E-state index contributed by atoms with van der Waals surface area (Å²) in [6.45, 7) is 4.82. The number of phenolic OH excluding ortho intramolecular Hbond substituents is 1. The van der Waals surface area contributed by atoms with Crippen molar-refractivity contribution in [1.82, 2.24) is 10.2 Å². The molecule has 10 nitrogen and oxygen atoms in total. The normalized spacial score (nSPS) is 29.4. The molecular weight excluding hydrogens is 526 g/mol. The summed E-state index contributed by atoms with van der Waals surface area (Å²) in [5.41, 5.74) is 5.84. The van der Waals surface area contributed by atoms with Crippen molar-refractivity contribution < 1.29 is 34.2 Å². The van der Waals surface area contributed by atoms with Gasteiger partial charge in [-0.1, -0.05) is 44.2 Å². The van der Waals surface area contributed by atoms with E-state index in [0.717, 1.165) is 16.7 Å². The number of amides is 1. The Balaban J connectivity index is 1.57. The van der Waals surface area contributed by atoms with Gasteiger partial charge >= 0.3 is 0 Å². The van der Waals surface area contributed by atoms with Gasteiger partial charge < -0.3 is 21.3 Å². The minimum absolute atomic E-state index is 0.0127. The van der Waals surface area contributed by atoms with Gasteiger partial charge in [0.2, 0.25) is 5.91 Å². The van der Waals surface area contributed by atoms with Crippen LogP contribution >= 0.6 is 0 Å². The lowest BCUT2D eigenvalue weighted by Crippen LogP contribution is -2.74. The van der Waals surface area contributed by atoms with Gasteiger partial charge in [0.25, 0.3) is 0 Å². The van der Waals surface area contributed by atoms with E-state index in [2.05, 4.69) is 19.2 Å². The molecule has 2 unspecified atom stereocenters. The number of primary amides is 1. The van der Waals surface area contributed by atoms with Crippen molar-refractivity contribution in [2.75, 3.05) is 14.1 Å². The number of Topliss-reactive ketones (excluding diaryl/α,β-unsaturated/α-hetero) is 4. The number of fused-ring (bicyclic) bond motifs is 3. The summed E-state index contributed by atoms with van der Waals surface area (Å²) in [4.78, 5) is 68.1. The lowest BCUT2D eigenvalue weighted by Gasteiger charge is -2.52. The Hall–Kier alpha value is -3.73. The van der Waals surface area contributed by atoms with Crippen LogP contribution in [0.15, 0.2) is 36.4 Å². The van der Waals surface area contributed by atoms with Crippen molar-refractivity contribution >= 4 is 29.0 Å². The molecule has 5 N–H and O–H groups in total. The molecular formula is C31H35N3O7. The number of phenols is 1. The first-order chi connectivity index (χ1) is 19.3. The fourth-order valence-corrected chi connectivity index (χ4v) is 7.00. The van der Waals surface area contributed by atoms with Gasteiger partial charge in [-0.3, -0.25) is 28.9 Å². The molecule has 0 heterocycles. The Morgan fingerprint density at radius 3 is 2.32 bits per heavy atom. The number of nitrogens with one attached hydrogen (secondary N) is 1. The van der Waals surface area contributed by atoms with Crippen molar-refractivity contribution in [3.63, 3.8) is 0 Å². The number of benzene rings is 2. The van der Waals surface area contributed by atoms with Crippen molar-refractivity contribution in [2.24, 2.45) is 29.4 Å². The van der Waals surface area contributed by atoms with Crippen molar-refractivity contribution in [3.05, 3.63) is 53.1 Å². The molecule has 216 valence electrons. The van der Waals surface area contributed by atoms with Crippen molar-refractivity contribution in [3.8, 4) is 16.9 Å². The van der Waals surface area contributed by atoms with Crippen LogP contribution in [-0.2, 0) is 32.1 Å². The maximum absolute atomic E-state index is 13.9. The van der Waals surface area contributed by atoms with Gasteiger partial charge in [0.1, 0.15) is 5.75 Å². The first-order valence-electron chi connectivity index (χ1n) is 13.8. The molecule has 5 rings (SSSR count). The van der Waals surface area contributed by atoms with Crippen LogP contribution in [0.4, 0.5) is 0 Å². The number of hydrogen-bond donors (Lipinski definition) is 4. The molecule has 1 amide bonds. The number of nitrogens with two attached hydrogens (primary N) is 1. The summed E-state index contributed by atoms with van der Waals surface area (Å²) in [6.07, 6.45) is 0.227. The second-order valence-corrected chi connectivity index (χ2v) is 12.0. The Kier molecular flexibility index (Phi) is 7.21. The Morgan fingerprint density at radius 2 is 1.73 bits per heavy atom. The van der Waals surface area contributed by atoms with Crippen LogP contribution in [0, 0.1) is 23.7 Å². The van der Waals surface area contributed by atoms with E-state index < -0.39 is 64.4 Å². The summed E-state index contributed by atoms with van der Waals surface area (Å²) >= 11 is 0. The zero-order valence-electron chi connectivity index (χ0n) is 23.5. The number of likely N-dealkylation sites (N-methyl/N-ethyl adjacent to an activating group) is 1. The summed E-state index contributed by atoms with van der Waals surface area (Å²) in [6, 6.07) is 10.2. The number of carbonyl (C=O) groups is 5. The van der Waals surface area contributed by atoms with E-state index in [-0.39, 0.29) is 24.2 Å². The fraction of sp³-hybridized carbons (Fsp3) is 0.452. The van der Waals surface area contributed by atoms with Crippen LogP contribution in [-0.4, -0.2) is 75.9 Å². The number of hydrogen-bond acceptors (Lipinski definition) is 9. The maximum atomic E-state index is 13.9. The van der Waals surface area contributed by atoms with Crippen LogP contribution in [0.3, 0.4) is 0 Å². The molecule has 3 aliphatic rings. The second kappa shape index (κ2) is 10.3. The molecule has 0 aliphatic heterocycles. The highest BCUT2D eigenvalue weighted by atomic mass is 16.3. The molecule has 10 heteroatoms. The average molecular weight is 562 g/mol. The number of aliphatic hydroxyl groups is 1. The summed E-state index contributed by atoms with van der Waals surface area (Å²) in [5.74, 6) is -10.5. The monoisotopic (exact) mass is 561 g/mol. The van der Waals surface area contributed by atoms with E-state index in [1.807, 2.05) is 24.3 Å². The van der Waals surface area contributed by atoms with Gasteiger partial charge in [0.15, 0.2) is 34.7 Å². The molecule has 0 radical (unpaired) electrons. The largest absolute Gasteiger partial charge is 0.507 e. The molecule has 2 aromatic carbocycles. The van der Waals surface area contributed by atoms with E-state index in [1.165, 1.54) is 11.0 Å². The van der Waals surface area contributed by atoms with E-state index in [1.54, 1.807) is 20.2 Å². The van der Waals surface area contributed by atoms with Crippen molar-refractivity contribution in [1.29, 1.82) is 0 Å². The predicted molar refractivity (Wildman–Crippen MR) is 149 cm³/mol. The highest BCUT2D eigenvalue weighted by molar-refractivity contribution is 6.32. The van der Waals surface area contributed by atoms with Crippen LogP contribution in [0.1, 0.15) is 41.8 Å². The lowest BCUT2D eigenvalue weighted by molar-refractivity contribution is -0.181. The summed E-state index contributed by atoms with van der Waals surface area (Å²) in [5, 5.41) is 25.8. The number of ketones is 4. The highest BCUT2D eigenvalue weighted by Gasteiger charge is 2.69. The molecule has 6 atom stereocenters. The predicted octanol–water partition coefficient (Wildman–Crippen LogP) is 1.03. The minimum atomic E-state index is -2.73. The average Bonchev–Trinajstić information content (AvgIpc) is 2.89. The zero-order chi connectivity index (χ0) is 30.0. The third-order valence-corrected chi connectivity index (χ3v) is 8.92. The standard InChI is InChI=1S/C31H35N3O7/c1-14(2)33-13-15-5-7-16(8-6-15)18-9-10-21(35)23-19(18)11-17-12-20-25(34(3)4)27(37)24(30(32)40)29(39)31(20,41)28(38)22(17)26(23)36/h5-10,14,17,20,22,24-25,33,35,41H,11-13H2,1-4H3,(H2,32,40)/t17-,20-,22?,24?,25-,31-/m1/s1. The molecule has 0 saturated heterocycles. The van der Waals surface area contributed by atoms with Crippen LogP contribution in [0.5, 0.6) is 5.75 Å². The molecule has 0 bridgehead atoms. The molecule has 0 aromatic heterocycles. The molecule has 0 spiro atoms. The Bertz CT molecular complexity index is 1460. The number of carbonyl (C=O) groups excluding carboxylic acids is 5. The summed E-state index contributed by atoms with van der Waals surface area (Å²) < 4.78 is 0. The topological polar surface area (TPSA) is 167 Å². The van der Waals surface area contributed by atoms with Gasteiger partial charge in [-0.15, -0.1) is 0 Å². The zero-order valence-corrected chi connectivity index (χ0v) is 23.5. The van der Waals surface area contributed by atoms with Gasteiger partial charge in [-0.25, -0.2) is 0 Å². The van der Waals surface area contributed by atoms with Crippen LogP contribution in [0.25, 0.3) is 11.1 Å². The van der Waals surface area contributed by atoms with Crippen molar-refractivity contribution in [2.45, 2.75) is 50.9 Å². The first-order valence-corrected chi connectivity index (χ1v) is 13.8. The number of nitrogens with zero attached hydrogens (tertiary/aromatic N) is 1. The lowest BCUT2D eigenvalue weighted by atomic mass is 9.52. The smallest absolute Gasteiger partial charge is 0.235 e. The highest BCUT2D eigenvalue weighted by Crippen LogP contribution is 2.51. The van der Waals surface area contributed by atoms with E-state index in [0.29, 0.717) is 18.2 Å². The van der Waals surface area contributed by atoms with Gasteiger partial charge in [0, 0.05) is 18.5 Å². The van der Waals surface area contributed by atoms with Gasteiger partial charge in [0.05, 0.1) is 17.5 Å². The van der Waals surface area contributed by atoms with E-state index in [4.69, 9.17) is 5.73 Å². The second-order valence-electron chi connectivity index (χ2n) is 12.0. The molecule has 41 heavy (non-hydrogen) atoms. The Labute approximate surface area is 237 Å². The fourth-order valence-electron chi connectivity index (χ4n) is 7.00. The minimum Gasteiger partial charge on any atom is -0.507 e. The molecule has 2 fully saturated rings. The number of rotatable bonds is 6. The molecule has 2 saturated carbocycles. The van der Waals surface area contributed by atoms with E-state index >= 15 is 0 Å². The first kappa shape index (κ1) is 28.8.